The lowest BCUT2D eigenvalue weighted by molar-refractivity contribution is -0.136. The molecule has 292 valence electrons. The summed E-state index contributed by atoms with van der Waals surface area (Å²) in [7, 11) is 0. The van der Waals surface area contributed by atoms with Gasteiger partial charge in [-0.1, -0.05) is 13.8 Å². The molecule has 3 aliphatic heterocycles. The van der Waals surface area contributed by atoms with Crippen LogP contribution < -0.4 is 26.4 Å². The molecule has 3 aliphatic rings. The van der Waals surface area contributed by atoms with Gasteiger partial charge in [-0.25, -0.2) is 9.97 Å². The van der Waals surface area contributed by atoms with Crippen molar-refractivity contribution in [3.8, 4) is 0 Å². The lowest BCUT2D eigenvalue weighted by Crippen LogP contribution is -2.54. The molecule has 0 bridgehead atoms. The first-order chi connectivity index (χ1) is 27.0. The number of Topliss-reactive ketones (excluding diaryl/α,β-unsaturated/α-hetero) is 1. The smallest absolute Gasteiger partial charge is 0.263 e. The second-order valence-corrected chi connectivity index (χ2v) is 14.5. The van der Waals surface area contributed by atoms with Gasteiger partial charge in [0.1, 0.15) is 17.5 Å². The summed E-state index contributed by atoms with van der Waals surface area (Å²) in [5, 5.41) is 9.42. The Hall–Kier alpha value is -6.03. The molecule has 3 aromatic heterocycles. The summed E-state index contributed by atoms with van der Waals surface area (Å²) in [5.74, 6) is -1.46. The summed E-state index contributed by atoms with van der Waals surface area (Å²) in [6, 6.07) is 7.83. The summed E-state index contributed by atoms with van der Waals surface area (Å²) in [5.41, 5.74) is 3.17. The molecule has 0 aliphatic carbocycles. The highest BCUT2D eigenvalue weighted by Gasteiger charge is 2.44. The van der Waals surface area contributed by atoms with E-state index in [1.807, 2.05) is 32.2 Å². The van der Waals surface area contributed by atoms with Crippen LogP contribution in [0.1, 0.15) is 95.6 Å². The van der Waals surface area contributed by atoms with Gasteiger partial charge in [0.15, 0.2) is 5.78 Å². The molecular formula is C40H46N10O6. The number of carbonyl (C=O) groups is 5. The van der Waals surface area contributed by atoms with Crippen molar-refractivity contribution in [1.82, 2.24) is 34.6 Å². The van der Waals surface area contributed by atoms with E-state index in [1.54, 1.807) is 35.9 Å². The Balaban J connectivity index is 0.903. The van der Waals surface area contributed by atoms with Crippen LogP contribution in [0.3, 0.4) is 0 Å². The highest BCUT2D eigenvalue weighted by Crippen LogP contribution is 2.30. The number of aryl methyl sites for hydroxylation is 1. The third kappa shape index (κ3) is 7.35. The SMILES string of the molecule is CCC(CC)n1c(=O)c(C(C)=O)c(C)c2cnc(Nc3ccc(N4CCN(CCCNc5ccc6c(c5)C(=O)N(C5CCC(=O)NC5=O)C6=O)CC4)cn3)nc21. The molecule has 16 nitrogen and oxygen atoms in total. The van der Waals surface area contributed by atoms with E-state index in [1.165, 1.54) is 6.92 Å². The van der Waals surface area contributed by atoms with Crippen LogP contribution in [0.25, 0.3) is 11.0 Å². The van der Waals surface area contributed by atoms with E-state index in [2.05, 4.69) is 35.7 Å². The van der Waals surface area contributed by atoms with E-state index in [9.17, 15) is 28.8 Å². The highest BCUT2D eigenvalue weighted by molar-refractivity contribution is 6.23. The number of piperidine rings is 1. The lowest BCUT2D eigenvalue weighted by Gasteiger charge is -2.36. The van der Waals surface area contributed by atoms with Gasteiger partial charge in [-0.15, -0.1) is 0 Å². The fourth-order valence-corrected chi connectivity index (χ4v) is 7.91. The summed E-state index contributed by atoms with van der Waals surface area (Å²) >= 11 is 0. The number of imide groups is 2. The number of aromatic nitrogens is 4. The molecule has 16 heteroatoms. The molecule has 2 fully saturated rings. The Labute approximate surface area is 323 Å². The van der Waals surface area contributed by atoms with Crippen molar-refractivity contribution in [2.75, 3.05) is 54.8 Å². The Morgan fingerprint density at radius 2 is 1.70 bits per heavy atom. The average Bonchev–Trinajstić information content (AvgIpc) is 3.43. The zero-order valence-corrected chi connectivity index (χ0v) is 32.1. The molecule has 1 unspecified atom stereocenters. The number of nitrogens with one attached hydrogen (secondary N) is 3. The zero-order valence-electron chi connectivity index (χ0n) is 32.1. The fourth-order valence-electron chi connectivity index (χ4n) is 7.91. The van der Waals surface area contributed by atoms with Crippen LogP contribution in [-0.2, 0) is 9.59 Å². The summed E-state index contributed by atoms with van der Waals surface area (Å²) in [6.07, 6.45) is 5.99. The van der Waals surface area contributed by atoms with Crippen molar-refractivity contribution in [2.45, 2.75) is 71.9 Å². The Bertz CT molecular complexity index is 2280. The minimum atomic E-state index is -0.987. The van der Waals surface area contributed by atoms with E-state index < -0.39 is 29.7 Å². The topological polar surface area (TPSA) is 192 Å². The highest BCUT2D eigenvalue weighted by atomic mass is 16.2. The van der Waals surface area contributed by atoms with Gasteiger partial charge in [-0.2, -0.15) is 4.98 Å². The van der Waals surface area contributed by atoms with E-state index in [-0.39, 0.29) is 46.9 Å². The number of benzene rings is 1. The summed E-state index contributed by atoms with van der Waals surface area (Å²) < 4.78 is 1.64. The van der Waals surface area contributed by atoms with Crippen LogP contribution in [-0.4, -0.2) is 104 Å². The van der Waals surface area contributed by atoms with Crippen LogP contribution >= 0.6 is 0 Å². The van der Waals surface area contributed by atoms with E-state index >= 15 is 0 Å². The average molecular weight is 763 g/mol. The molecule has 7 rings (SSSR count). The number of carbonyl (C=O) groups excluding carboxylic acids is 5. The maximum Gasteiger partial charge on any atom is 0.263 e. The molecule has 4 amide bonds. The van der Waals surface area contributed by atoms with Gasteiger partial charge in [0, 0.05) is 62.5 Å². The molecule has 0 saturated carbocycles. The van der Waals surface area contributed by atoms with Crippen LogP contribution in [0.15, 0.2) is 47.5 Å². The molecule has 1 aromatic carbocycles. The lowest BCUT2D eigenvalue weighted by atomic mass is 10.0. The number of amides is 4. The van der Waals surface area contributed by atoms with Gasteiger partial charge in [0.05, 0.1) is 28.6 Å². The normalized spacial score (nSPS) is 17.5. The molecule has 1 atom stereocenters. The maximum atomic E-state index is 13.5. The summed E-state index contributed by atoms with van der Waals surface area (Å²) in [4.78, 5) is 95.5. The number of piperazine rings is 1. The zero-order chi connectivity index (χ0) is 39.7. The van der Waals surface area contributed by atoms with Gasteiger partial charge in [0.2, 0.25) is 17.8 Å². The number of nitrogens with zero attached hydrogens (tertiary/aromatic N) is 7. The first-order valence-electron chi connectivity index (χ1n) is 19.2. The van der Waals surface area contributed by atoms with Gasteiger partial charge in [0.25, 0.3) is 17.4 Å². The monoisotopic (exact) mass is 762 g/mol. The number of rotatable bonds is 13. The van der Waals surface area contributed by atoms with Gasteiger partial charge in [-0.3, -0.25) is 48.5 Å². The van der Waals surface area contributed by atoms with Crippen LogP contribution in [0.2, 0.25) is 0 Å². The molecule has 2 saturated heterocycles. The molecule has 0 spiro atoms. The predicted molar refractivity (Wildman–Crippen MR) is 211 cm³/mol. The van der Waals surface area contributed by atoms with Crippen molar-refractivity contribution in [3.63, 3.8) is 0 Å². The molecule has 56 heavy (non-hydrogen) atoms. The van der Waals surface area contributed by atoms with Gasteiger partial charge >= 0.3 is 0 Å². The Morgan fingerprint density at radius 1 is 0.946 bits per heavy atom. The van der Waals surface area contributed by atoms with Crippen molar-refractivity contribution < 1.29 is 24.0 Å². The largest absolute Gasteiger partial charge is 0.385 e. The molecule has 0 radical (unpaired) electrons. The van der Waals surface area contributed by atoms with Crippen molar-refractivity contribution in [1.29, 1.82) is 0 Å². The second-order valence-electron chi connectivity index (χ2n) is 14.5. The van der Waals surface area contributed by atoms with E-state index in [0.717, 1.165) is 68.3 Å². The molecule has 6 heterocycles. The van der Waals surface area contributed by atoms with Gasteiger partial charge in [-0.05, 0) is 82.0 Å². The van der Waals surface area contributed by atoms with Crippen LogP contribution in [0.4, 0.5) is 23.1 Å². The van der Waals surface area contributed by atoms with Gasteiger partial charge < -0.3 is 15.5 Å². The fraction of sp³-hybridized carbons (Fsp3) is 0.425. The van der Waals surface area contributed by atoms with E-state index in [4.69, 9.17) is 4.98 Å². The predicted octanol–water partition coefficient (Wildman–Crippen LogP) is 3.83. The third-order valence-corrected chi connectivity index (χ3v) is 11.0. The Morgan fingerprint density at radius 3 is 2.38 bits per heavy atom. The van der Waals surface area contributed by atoms with Crippen LogP contribution in [0.5, 0.6) is 0 Å². The minimum Gasteiger partial charge on any atom is -0.385 e. The quantitative estimate of drug-likeness (QED) is 0.101. The Kier molecular flexibility index (Phi) is 10.9. The number of anilines is 4. The van der Waals surface area contributed by atoms with Crippen molar-refractivity contribution in [3.05, 3.63) is 75.3 Å². The number of ketones is 1. The maximum absolute atomic E-state index is 13.5. The first-order valence-corrected chi connectivity index (χ1v) is 19.2. The molecule has 3 N–H and O–H groups in total. The van der Waals surface area contributed by atoms with Crippen molar-refractivity contribution >= 4 is 63.6 Å². The van der Waals surface area contributed by atoms with E-state index in [0.29, 0.717) is 34.9 Å². The van der Waals surface area contributed by atoms with Crippen LogP contribution in [0, 0.1) is 6.92 Å². The van der Waals surface area contributed by atoms with Crippen molar-refractivity contribution in [2.24, 2.45) is 0 Å². The third-order valence-electron chi connectivity index (χ3n) is 11.0. The number of fused-ring (bicyclic) bond motifs is 2. The number of hydrogen-bond acceptors (Lipinski definition) is 13. The molecular weight excluding hydrogens is 717 g/mol. The first kappa shape index (κ1) is 38.3. The summed E-state index contributed by atoms with van der Waals surface area (Å²) in [6.45, 7) is 12.2. The standard InChI is InChI=1S/C40H46N10O6/c1-5-26(6-2)49-35-30(23(3)34(24(4)51)39(49)56)22-43-40(46-35)44-32-12-9-27(21-42-32)48-18-16-47(17-19-48)15-7-14-41-25-8-10-28-29(20-25)38(55)50(37(28)54)31-11-13-33(52)45-36(31)53/h8-10,12,20-22,26,31,41H,5-7,11,13-19H2,1-4H3,(H,45,52,53)(H,42,43,44,46). The number of pyridine rings is 2. The number of hydrogen-bond donors (Lipinski definition) is 3. The molecule has 4 aromatic rings. The minimum absolute atomic E-state index is 0.0793. The second kappa shape index (κ2) is 16.0.